The van der Waals surface area contributed by atoms with Crippen LogP contribution < -0.4 is 5.32 Å². The quantitative estimate of drug-likeness (QED) is 0.696. The topological polar surface area (TPSA) is 67.2 Å². The SMILES string of the molecule is CCC(CCO)CNC(=O)c1ccc(-n2cnc3ccccc32)cc1. The van der Waals surface area contributed by atoms with E-state index in [1.165, 1.54) is 0 Å². The summed E-state index contributed by atoms with van der Waals surface area (Å²) in [6.07, 6.45) is 3.44. The summed E-state index contributed by atoms with van der Waals surface area (Å²) in [5, 5.41) is 12.0. The number of aromatic nitrogens is 2. The van der Waals surface area contributed by atoms with E-state index >= 15 is 0 Å². The molecule has 1 heterocycles. The molecule has 0 fully saturated rings. The highest BCUT2D eigenvalue weighted by atomic mass is 16.3. The third-order valence-corrected chi connectivity index (χ3v) is 4.53. The van der Waals surface area contributed by atoms with Gasteiger partial charge in [-0.25, -0.2) is 4.98 Å². The molecule has 0 bridgehead atoms. The smallest absolute Gasteiger partial charge is 0.251 e. The van der Waals surface area contributed by atoms with E-state index in [0.29, 0.717) is 24.4 Å². The largest absolute Gasteiger partial charge is 0.396 e. The van der Waals surface area contributed by atoms with E-state index in [4.69, 9.17) is 5.11 Å². The first-order valence-corrected chi connectivity index (χ1v) is 8.64. The molecule has 0 saturated heterocycles. The molecule has 5 nitrogen and oxygen atoms in total. The van der Waals surface area contributed by atoms with E-state index < -0.39 is 0 Å². The average Bonchev–Trinajstić information content (AvgIpc) is 3.09. The molecule has 1 aromatic heterocycles. The summed E-state index contributed by atoms with van der Waals surface area (Å²) in [6, 6.07) is 15.5. The van der Waals surface area contributed by atoms with Crippen LogP contribution in [0.4, 0.5) is 0 Å². The van der Waals surface area contributed by atoms with E-state index in [9.17, 15) is 4.79 Å². The highest BCUT2D eigenvalue weighted by molar-refractivity contribution is 5.94. The maximum atomic E-state index is 12.3. The number of imidazole rings is 1. The van der Waals surface area contributed by atoms with Crippen LogP contribution in [-0.4, -0.2) is 33.7 Å². The van der Waals surface area contributed by atoms with Gasteiger partial charge in [-0.2, -0.15) is 0 Å². The summed E-state index contributed by atoms with van der Waals surface area (Å²) in [7, 11) is 0. The molecule has 0 radical (unpaired) electrons. The Hall–Kier alpha value is -2.66. The molecule has 130 valence electrons. The van der Waals surface area contributed by atoms with Crippen LogP contribution in [0, 0.1) is 5.92 Å². The average molecular weight is 337 g/mol. The molecular weight excluding hydrogens is 314 g/mol. The molecule has 2 aromatic carbocycles. The van der Waals surface area contributed by atoms with Gasteiger partial charge < -0.3 is 10.4 Å². The van der Waals surface area contributed by atoms with Crippen molar-refractivity contribution in [3.63, 3.8) is 0 Å². The van der Waals surface area contributed by atoms with E-state index in [1.807, 2.05) is 53.1 Å². The lowest BCUT2D eigenvalue weighted by molar-refractivity contribution is 0.0943. The number of hydrogen-bond donors (Lipinski definition) is 2. The predicted octanol–water partition coefficient (Wildman–Crippen LogP) is 3.16. The second-order valence-electron chi connectivity index (χ2n) is 6.15. The first-order chi connectivity index (χ1) is 12.2. The fourth-order valence-electron chi connectivity index (χ4n) is 2.91. The lowest BCUT2D eigenvalue weighted by Crippen LogP contribution is -2.29. The number of aliphatic hydroxyl groups is 1. The number of aliphatic hydroxyl groups excluding tert-OH is 1. The van der Waals surface area contributed by atoms with E-state index in [2.05, 4.69) is 17.2 Å². The van der Waals surface area contributed by atoms with Gasteiger partial charge in [0.05, 0.1) is 11.0 Å². The Bertz CT molecular complexity index is 840. The van der Waals surface area contributed by atoms with Gasteiger partial charge in [0, 0.05) is 24.4 Å². The Labute approximate surface area is 147 Å². The Kier molecular flexibility index (Phi) is 5.46. The molecule has 0 spiro atoms. The lowest BCUT2D eigenvalue weighted by atomic mass is 10.0. The van der Waals surface area contributed by atoms with Crippen molar-refractivity contribution in [3.05, 3.63) is 60.4 Å². The lowest BCUT2D eigenvalue weighted by Gasteiger charge is -2.14. The number of benzene rings is 2. The summed E-state index contributed by atoms with van der Waals surface area (Å²) < 4.78 is 2.01. The fourth-order valence-corrected chi connectivity index (χ4v) is 2.91. The zero-order valence-corrected chi connectivity index (χ0v) is 14.4. The number of hydrogen-bond acceptors (Lipinski definition) is 3. The van der Waals surface area contributed by atoms with Crippen molar-refractivity contribution < 1.29 is 9.90 Å². The van der Waals surface area contributed by atoms with Crippen molar-refractivity contribution in [2.75, 3.05) is 13.2 Å². The standard InChI is InChI=1S/C20H23N3O2/c1-2-15(11-12-24)13-21-20(25)16-7-9-17(10-8-16)23-14-22-18-5-3-4-6-19(18)23/h3-10,14-15,24H,2,11-13H2,1H3,(H,21,25). The molecule has 0 aliphatic carbocycles. The maximum Gasteiger partial charge on any atom is 0.251 e. The Balaban J connectivity index is 1.70. The van der Waals surface area contributed by atoms with E-state index in [-0.39, 0.29) is 12.5 Å². The van der Waals surface area contributed by atoms with Crippen molar-refractivity contribution >= 4 is 16.9 Å². The van der Waals surface area contributed by atoms with Crippen LogP contribution in [0.15, 0.2) is 54.9 Å². The van der Waals surface area contributed by atoms with Gasteiger partial charge in [-0.15, -0.1) is 0 Å². The molecule has 0 aliphatic rings. The van der Waals surface area contributed by atoms with Crippen LogP contribution in [0.5, 0.6) is 0 Å². The first-order valence-electron chi connectivity index (χ1n) is 8.64. The van der Waals surface area contributed by atoms with Crippen molar-refractivity contribution in [1.82, 2.24) is 14.9 Å². The van der Waals surface area contributed by atoms with Gasteiger partial charge in [-0.1, -0.05) is 25.5 Å². The molecule has 1 unspecified atom stereocenters. The number of amides is 1. The third kappa shape index (κ3) is 3.88. The number of nitrogens with one attached hydrogen (secondary N) is 1. The van der Waals surface area contributed by atoms with Crippen LogP contribution >= 0.6 is 0 Å². The number of para-hydroxylation sites is 2. The van der Waals surface area contributed by atoms with E-state index in [1.54, 1.807) is 6.33 Å². The summed E-state index contributed by atoms with van der Waals surface area (Å²) in [4.78, 5) is 16.7. The molecule has 0 saturated carbocycles. The summed E-state index contributed by atoms with van der Waals surface area (Å²) in [5.74, 6) is 0.226. The Morgan fingerprint density at radius 1 is 1.20 bits per heavy atom. The van der Waals surface area contributed by atoms with Gasteiger partial charge >= 0.3 is 0 Å². The highest BCUT2D eigenvalue weighted by Gasteiger charge is 2.10. The molecule has 2 N–H and O–H groups in total. The van der Waals surface area contributed by atoms with Crippen molar-refractivity contribution in [3.8, 4) is 5.69 Å². The third-order valence-electron chi connectivity index (χ3n) is 4.53. The summed E-state index contributed by atoms with van der Waals surface area (Å²) in [6.45, 7) is 2.81. The minimum atomic E-state index is -0.0848. The van der Waals surface area contributed by atoms with Crippen LogP contribution in [0.25, 0.3) is 16.7 Å². The molecule has 5 heteroatoms. The number of rotatable bonds is 7. The van der Waals surface area contributed by atoms with Gasteiger partial charge in [0.2, 0.25) is 0 Å². The molecule has 25 heavy (non-hydrogen) atoms. The minimum absolute atomic E-state index is 0.0848. The normalized spacial score (nSPS) is 12.2. The maximum absolute atomic E-state index is 12.3. The monoisotopic (exact) mass is 337 g/mol. The van der Waals surface area contributed by atoms with Gasteiger partial charge in [-0.05, 0) is 48.7 Å². The van der Waals surface area contributed by atoms with Gasteiger partial charge in [-0.3, -0.25) is 9.36 Å². The van der Waals surface area contributed by atoms with Crippen LogP contribution in [0.1, 0.15) is 30.1 Å². The molecule has 3 rings (SSSR count). The molecular formula is C20H23N3O2. The number of fused-ring (bicyclic) bond motifs is 1. The molecule has 1 atom stereocenters. The van der Waals surface area contributed by atoms with Crippen LogP contribution in [-0.2, 0) is 0 Å². The van der Waals surface area contributed by atoms with Crippen molar-refractivity contribution in [2.45, 2.75) is 19.8 Å². The van der Waals surface area contributed by atoms with Gasteiger partial charge in [0.15, 0.2) is 0 Å². The van der Waals surface area contributed by atoms with Gasteiger partial charge in [0.25, 0.3) is 5.91 Å². The predicted molar refractivity (Wildman–Crippen MR) is 98.9 cm³/mol. The molecule has 1 amide bonds. The van der Waals surface area contributed by atoms with Gasteiger partial charge in [0.1, 0.15) is 6.33 Å². The molecule has 3 aromatic rings. The molecule has 0 aliphatic heterocycles. The van der Waals surface area contributed by atoms with Crippen LogP contribution in [0.3, 0.4) is 0 Å². The van der Waals surface area contributed by atoms with E-state index in [0.717, 1.165) is 23.1 Å². The zero-order chi connectivity index (χ0) is 17.6. The van der Waals surface area contributed by atoms with Crippen LogP contribution in [0.2, 0.25) is 0 Å². The Morgan fingerprint density at radius 3 is 2.68 bits per heavy atom. The second kappa shape index (κ2) is 7.94. The summed E-state index contributed by atoms with van der Waals surface area (Å²) in [5.41, 5.74) is 3.58. The number of nitrogens with zero attached hydrogens (tertiary/aromatic N) is 2. The number of carbonyl (C=O) groups excluding carboxylic acids is 1. The fraction of sp³-hybridized carbons (Fsp3) is 0.300. The minimum Gasteiger partial charge on any atom is -0.396 e. The first kappa shape index (κ1) is 17.2. The second-order valence-corrected chi connectivity index (χ2v) is 6.15. The van der Waals surface area contributed by atoms with Crippen molar-refractivity contribution in [2.24, 2.45) is 5.92 Å². The zero-order valence-electron chi connectivity index (χ0n) is 14.4. The highest BCUT2D eigenvalue weighted by Crippen LogP contribution is 2.18. The Morgan fingerprint density at radius 2 is 1.96 bits per heavy atom. The summed E-state index contributed by atoms with van der Waals surface area (Å²) >= 11 is 0. The van der Waals surface area contributed by atoms with Crippen molar-refractivity contribution in [1.29, 1.82) is 0 Å². The number of carbonyl (C=O) groups is 1.